The summed E-state index contributed by atoms with van der Waals surface area (Å²) >= 11 is 0. The van der Waals surface area contributed by atoms with E-state index in [4.69, 9.17) is 5.11 Å². The molecule has 0 heterocycles. The van der Waals surface area contributed by atoms with Gasteiger partial charge in [-0.3, -0.25) is 0 Å². The summed E-state index contributed by atoms with van der Waals surface area (Å²) in [6.07, 6.45) is -2.72. The maximum absolute atomic E-state index is 10.1. The summed E-state index contributed by atoms with van der Waals surface area (Å²) in [6.45, 7) is 0. The SMILES string of the molecule is O=C([O-])CC(O)(CC(=O)[O-])C(=O)[O-].[Cu+2].[Li+].[Li+]. The van der Waals surface area contributed by atoms with Gasteiger partial charge in [0.2, 0.25) is 0 Å². The molecule has 0 aliphatic heterocycles. The molecule has 0 bridgehead atoms. The number of hydrogen-bond donors (Lipinski definition) is 1. The van der Waals surface area contributed by atoms with Gasteiger partial charge in [0.05, 0.1) is 5.97 Å². The Morgan fingerprint density at radius 2 is 1.19 bits per heavy atom. The predicted octanol–water partition coefficient (Wildman–Crippen LogP) is -11.2. The Hall–Kier alpha value is 0.0843. The van der Waals surface area contributed by atoms with E-state index in [1.807, 2.05) is 0 Å². The third kappa shape index (κ3) is 9.32. The van der Waals surface area contributed by atoms with E-state index in [1.54, 1.807) is 0 Å². The summed E-state index contributed by atoms with van der Waals surface area (Å²) in [5, 5.41) is 38.9. The van der Waals surface area contributed by atoms with Gasteiger partial charge in [0.15, 0.2) is 0 Å². The summed E-state index contributed by atoms with van der Waals surface area (Å²) < 4.78 is 0. The van der Waals surface area contributed by atoms with Crippen LogP contribution in [0.5, 0.6) is 0 Å². The summed E-state index contributed by atoms with van der Waals surface area (Å²) in [5.74, 6) is -5.98. The van der Waals surface area contributed by atoms with Crippen molar-refractivity contribution in [1.29, 1.82) is 0 Å². The van der Waals surface area contributed by atoms with E-state index in [9.17, 15) is 29.7 Å². The molecule has 1 N–H and O–H groups in total. The maximum Gasteiger partial charge on any atom is 2.00 e. The molecule has 7 nitrogen and oxygen atoms in total. The number of aliphatic carboxylic acids is 3. The first-order valence-electron chi connectivity index (χ1n) is 3.11. The molecule has 0 fully saturated rings. The van der Waals surface area contributed by atoms with Gasteiger partial charge < -0.3 is 34.8 Å². The first-order chi connectivity index (χ1) is 5.78. The standard InChI is InChI=1S/C6H8O7.Cu.2Li/c7-3(8)1-6(13,5(11)12)2-4(9)10;;;/h13H,1-2H2,(H,7,8)(H,9,10)(H,11,12);;;/q;+2;2*+1/p-3. The van der Waals surface area contributed by atoms with Gasteiger partial charge >= 0.3 is 54.8 Å². The van der Waals surface area contributed by atoms with Crippen molar-refractivity contribution >= 4 is 17.9 Å². The second-order valence-corrected chi connectivity index (χ2v) is 2.42. The van der Waals surface area contributed by atoms with Crippen molar-refractivity contribution in [2.24, 2.45) is 0 Å². The molecule has 0 saturated heterocycles. The molecule has 83 valence electrons. The molecule has 0 rings (SSSR count). The van der Waals surface area contributed by atoms with Gasteiger partial charge in [-0.05, 0) is 0 Å². The van der Waals surface area contributed by atoms with Crippen LogP contribution in [0.4, 0.5) is 0 Å². The average Bonchev–Trinajstić information content (AvgIpc) is 1.82. The van der Waals surface area contributed by atoms with Gasteiger partial charge in [0, 0.05) is 24.8 Å². The molecule has 0 aliphatic rings. The number of carboxylic acid groups (broad SMARTS) is 3. The molecule has 16 heavy (non-hydrogen) atoms. The predicted molar refractivity (Wildman–Crippen MR) is 29.2 cm³/mol. The van der Waals surface area contributed by atoms with Crippen molar-refractivity contribution in [3.05, 3.63) is 0 Å². The van der Waals surface area contributed by atoms with Crippen LogP contribution in [0.3, 0.4) is 0 Å². The number of rotatable bonds is 5. The Morgan fingerprint density at radius 3 is 1.31 bits per heavy atom. The van der Waals surface area contributed by atoms with Crippen LogP contribution in [0, 0.1) is 0 Å². The van der Waals surface area contributed by atoms with Crippen LogP contribution in [0.15, 0.2) is 0 Å². The Labute approximate surface area is 125 Å². The quantitative estimate of drug-likeness (QED) is 0.487. The third-order valence-electron chi connectivity index (χ3n) is 1.25. The zero-order valence-corrected chi connectivity index (χ0v) is 9.55. The Morgan fingerprint density at radius 1 is 0.938 bits per heavy atom. The van der Waals surface area contributed by atoms with E-state index >= 15 is 0 Å². The van der Waals surface area contributed by atoms with Gasteiger partial charge in [-0.1, -0.05) is 0 Å². The Bertz CT molecular complexity index is 241. The zero-order chi connectivity index (χ0) is 10.6. The molecule has 0 aromatic heterocycles. The van der Waals surface area contributed by atoms with Crippen LogP contribution in [-0.2, 0) is 31.5 Å². The van der Waals surface area contributed by atoms with Crippen molar-refractivity contribution < 1.29 is 89.6 Å². The molecule has 0 spiro atoms. The molecule has 0 aromatic carbocycles. The molecule has 0 atom stereocenters. The molecule has 0 aliphatic carbocycles. The van der Waals surface area contributed by atoms with Gasteiger partial charge in [-0.2, -0.15) is 0 Å². The second kappa shape index (κ2) is 10.3. The van der Waals surface area contributed by atoms with Crippen LogP contribution < -0.4 is 53.0 Å². The fraction of sp³-hybridized carbons (Fsp3) is 0.500. The van der Waals surface area contributed by atoms with Crippen molar-refractivity contribution in [1.82, 2.24) is 0 Å². The zero-order valence-electron chi connectivity index (χ0n) is 8.61. The van der Waals surface area contributed by atoms with Crippen LogP contribution in [0.1, 0.15) is 12.8 Å². The van der Waals surface area contributed by atoms with E-state index < -0.39 is 36.4 Å². The molecule has 10 heteroatoms. The van der Waals surface area contributed by atoms with E-state index in [0.717, 1.165) is 0 Å². The van der Waals surface area contributed by atoms with Gasteiger partial charge in [-0.15, -0.1) is 0 Å². The topological polar surface area (TPSA) is 141 Å². The number of aliphatic hydroxyl groups is 1. The van der Waals surface area contributed by atoms with Crippen molar-refractivity contribution in [2.75, 3.05) is 0 Å². The van der Waals surface area contributed by atoms with Crippen LogP contribution >= 0.6 is 0 Å². The number of hydrogen-bond acceptors (Lipinski definition) is 7. The fourth-order valence-corrected chi connectivity index (χ4v) is 0.684. The second-order valence-electron chi connectivity index (χ2n) is 2.42. The average molecular weight is 267 g/mol. The largest absolute Gasteiger partial charge is 2.00 e. The van der Waals surface area contributed by atoms with Crippen molar-refractivity contribution in [2.45, 2.75) is 18.4 Å². The molecule has 0 amide bonds. The Balaban J connectivity index is -0.000000240. The minimum Gasteiger partial charge on any atom is -0.550 e. The van der Waals surface area contributed by atoms with E-state index in [-0.39, 0.29) is 54.8 Å². The molecule has 0 unspecified atom stereocenters. The summed E-state index contributed by atoms with van der Waals surface area (Å²) in [5.41, 5.74) is -2.97. The summed E-state index contributed by atoms with van der Waals surface area (Å²) in [7, 11) is 0. The first-order valence-corrected chi connectivity index (χ1v) is 3.11. The maximum atomic E-state index is 10.1. The minimum absolute atomic E-state index is 0. The van der Waals surface area contributed by atoms with E-state index in [1.165, 1.54) is 0 Å². The van der Waals surface area contributed by atoms with Gasteiger partial charge in [-0.25, -0.2) is 0 Å². The number of carbonyl (C=O) groups excluding carboxylic acids is 3. The monoisotopic (exact) mass is 266 g/mol. The molecule has 0 saturated carbocycles. The Kier molecular flexibility index (Phi) is 16.1. The van der Waals surface area contributed by atoms with Crippen molar-refractivity contribution in [3.8, 4) is 0 Å². The normalized spacial score (nSPS) is 8.81. The van der Waals surface area contributed by atoms with Crippen molar-refractivity contribution in [3.63, 3.8) is 0 Å². The van der Waals surface area contributed by atoms with Gasteiger partial charge in [0.1, 0.15) is 5.60 Å². The third-order valence-corrected chi connectivity index (χ3v) is 1.25. The molecule has 0 aromatic rings. The number of carbonyl (C=O) groups is 3. The van der Waals surface area contributed by atoms with Crippen LogP contribution in [0.2, 0.25) is 0 Å². The van der Waals surface area contributed by atoms with Crippen LogP contribution in [-0.4, -0.2) is 28.6 Å². The first kappa shape index (κ1) is 25.1. The molecular formula is C6H5CuLi2O7+. The summed E-state index contributed by atoms with van der Waals surface area (Å²) in [6, 6.07) is 0. The molecule has 1 radical (unpaired) electrons. The summed E-state index contributed by atoms with van der Waals surface area (Å²) in [4.78, 5) is 30.0. The van der Waals surface area contributed by atoms with Gasteiger partial charge in [0.25, 0.3) is 0 Å². The smallest absolute Gasteiger partial charge is 0.550 e. The fourth-order valence-electron chi connectivity index (χ4n) is 0.684. The van der Waals surface area contributed by atoms with E-state index in [0.29, 0.717) is 0 Å². The van der Waals surface area contributed by atoms with Crippen LogP contribution in [0.25, 0.3) is 0 Å². The van der Waals surface area contributed by atoms with E-state index in [2.05, 4.69) is 0 Å². The minimum atomic E-state index is -2.97. The molecular weight excluding hydrogens is 261 g/mol. The number of carboxylic acids is 3.